The second kappa shape index (κ2) is 7.96. The van der Waals surface area contributed by atoms with E-state index >= 15 is 0 Å². The highest BCUT2D eigenvalue weighted by Gasteiger charge is 2.23. The summed E-state index contributed by atoms with van der Waals surface area (Å²) in [4.78, 5) is 17.2. The van der Waals surface area contributed by atoms with Crippen LogP contribution in [0.1, 0.15) is 10.4 Å². The van der Waals surface area contributed by atoms with Crippen molar-refractivity contribution in [2.75, 3.05) is 17.7 Å². The number of thioether (sulfide) groups is 1. The second-order valence-electron chi connectivity index (χ2n) is 4.95. The van der Waals surface area contributed by atoms with Gasteiger partial charge in [-0.25, -0.2) is 0 Å². The van der Waals surface area contributed by atoms with Crippen LogP contribution in [0.5, 0.6) is 0 Å². The molecule has 2 aromatic carbocycles. The normalized spacial score (nSPS) is 14.4. The standard InChI is InChI=1S/C17H13BrClN3OS/c18-12-3-7-14(8-4-12)21-22-15(17-20-9-10-24-17)16(23)11-1-5-13(19)6-2-11/h1-8,21H,9-10H2/b22-15+. The van der Waals surface area contributed by atoms with E-state index in [4.69, 9.17) is 11.6 Å². The number of nitrogens with zero attached hydrogens (tertiary/aromatic N) is 2. The van der Waals surface area contributed by atoms with Gasteiger partial charge in [-0.05, 0) is 48.5 Å². The number of benzene rings is 2. The molecular weight excluding hydrogens is 410 g/mol. The minimum atomic E-state index is -0.176. The zero-order chi connectivity index (χ0) is 16.9. The molecule has 7 heteroatoms. The molecule has 24 heavy (non-hydrogen) atoms. The lowest BCUT2D eigenvalue weighted by atomic mass is 10.1. The molecule has 1 N–H and O–H groups in total. The van der Waals surface area contributed by atoms with Gasteiger partial charge < -0.3 is 0 Å². The summed E-state index contributed by atoms with van der Waals surface area (Å²) in [7, 11) is 0. The predicted molar refractivity (Wildman–Crippen MR) is 106 cm³/mol. The number of nitrogens with one attached hydrogen (secondary N) is 1. The van der Waals surface area contributed by atoms with E-state index in [1.807, 2.05) is 24.3 Å². The lowest BCUT2D eigenvalue weighted by Gasteiger charge is -2.07. The van der Waals surface area contributed by atoms with Crippen LogP contribution in [-0.2, 0) is 0 Å². The molecule has 0 bridgehead atoms. The highest BCUT2D eigenvalue weighted by Crippen LogP contribution is 2.19. The van der Waals surface area contributed by atoms with Gasteiger partial charge >= 0.3 is 0 Å². The molecule has 0 aromatic heterocycles. The first-order valence-electron chi connectivity index (χ1n) is 7.20. The van der Waals surface area contributed by atoms with E-state index < -0.39 is 0 Å². The molecule has 3 rings (SSSR count). The van der Waals surface area contributed by atoms with Crippen molar-refractivity contribution in [3.63, 3.8) is 0 Å². The number of Topliss-reactive ketones (excluding diaryl/α,β-unsaturated/α-hetero) is 1. The highest BCUT2D eigenvalue weighted by molar-refractivity contribution is 9.10. The first kappa shape index (κ1) is 17.2. The molecule has 0 atom stereocenters. The number of rotatable bonds is 5. The van der Waals surface area contributed by atoms with E-state index in [1.54, 1.807) is 24.3 Å². The van der Waals surface area contributed by atoms with Crippen LogP contribution in [0.25, 0.3) is 0 Å². The Morgan fingerprint density at radius 2 is 1.88 bits per heavy atom. The van der Waals surface area contributed by atoms with Crippen LogP contribution >= 0.6 is 39.3 Å². The van der Waals surface area contributed by atoms with Crippen molar-refractivity contribution in [1.29, 1.82) is 0 Å². The lowest BCUT2D eigenvalue weighted by molar-refractivity contribution is 0.106. The molecule has 0 fully saturated rings. The monoisotopic (exact) mass is 421 g/mol. The fraction of sp³-hybridized carbons (Fsp3) is 0.118. The first-order valence-corrected chi connectivity index (χ1v) is 9.36. The molecule has 1 aliphatic rings. The molecular formula is C17H13BrClN3OS. The average Bonchev–Trinajstić information content (AvgIpc) is 3.11. The summed E-state index contributed by atoms with van der Waals surface area (Å²) in [5.41, 5.74) is 4.59. The summed E-state index contributed by atoms with van der Waals surface area (Å²) in [6.45, 7) is 0.700. The number of aliphatic imine (C=N–C) groups is 1. The smallest absolute Gasteiger partial charge is 0.215 e. The van der Waals surface area contributed by atoms with Crippen LogP contribution in [0.3, 0.4) is 0 Å². The number of halogens is 2. The minimum absolute atomic E-state index is 0.176. The number of carbonyl (C=O) groups excluding carboxylic acids is 1. The van der Waals surface area contributed by atoms with E-state index in [0.29, 0.717) is 27.9 Å². The average molecular weight is 423 g/mol. The second-order valence-corrected chi connectivity index (χ2v) is 7.39. The van der Waals surface area contributed by atoms with Crippen LogP contribution < -0.4 is 5.43 Å². The molecule has 0 spiro atoms. The van der Waals surface area contributed by atoms with Gasteiger partial charge in [0.15, 0.2) is 5.71 Å². The Kier molecular flexibility index (Phi) is 5.71. The van der Waals surface area contributed by atoms with Gasteiger partial charge in [0, 0.05) is 27.4 Å². The Bertz CT molecular complexity index is 804. The Balaban J connectivity index is 1.88. The molecule has 0 unspecified atom stereocenters. The van der Waals surface area contributed by atoms with Crippen LogP contribution in [0.4, 0.5) is 5.69 Å². The Labute approximate surface area is 157 Å². The van der Waals surface area contributed by atoms with E-state index in [9.17, 15) is 4.79 Å². The van der Waals surface area contributed by atoms with Gasteiger partial charge in [-0.3, -0.25) is 15.2 Å². The molecule has 0 amide bonds. The third-order valence-electron chi connectivity index (χ3n) is 3.25. The van der Waals surface area contributed by atoms with Gasteiger partial charge in [0.05, 0.1) is 5.69 Å². The maximum atomic E-state index is 12.8. The largest absolute Gasteiger partial charge is 0.287 e. The van der Waals surface area contributed by atoms with Crippen LogP contribution in [0.2, 0.25) is 5.02 Å². The minimum Gasteiger partial charge on any atom is -0.287 e. The number of ketones is 1. The molecule has 0 aliphatic carbocycles. The topological polar surface area (TPSA) is 53.8 Å². The molecule has 2 aromatic rings. The fourth-order valence-electron chi connectivity index (χ4n) is 2.06. The van der Waals surface area contributed by atoms with Crippen molar-refractivity contribution in [3.8, 4) is 0 Å². The molecule has 1 aliphatic heterocycles. The van der Waals surface area contributed by atoms with Gasteiger partial charge in [0.25, 0.3) is 0 Å². The Morgan fingerprint density at radius 1 is 1.17 bits per heavy atom. The van der Waals surface area contributed by atoms with Gasteiger partial charge in [-0.15, -0.1) is 11.8 Å². The fourth-order valence-corrected chi connectivity index (χ4v) is 3.28. The number of hydrazone groups is 1. The van der Waals surface area contributed by atoms with Crippen molar-refractivity contribution in [2.24, 2.45) is 10.1 Å². The highest BCUT2D eigenvalue weighted by atomic mass is 79.9. The van der Waals surface area contributed by atoms with E-state index in [-0.39, 0.29) is 5.78 Å². The van der Waals surface area contributed by atoms with Crippen LogP contribution in [-0.4, -0.2) is 28.8 Å². The Hall–Kier alpha value is -1.63. The van der Waals surface area contributed by atoms with Crippen molar-refractivity contribution < 1.29 is 4.79 Å². The Morgan fingerprint density at radius 3 is 2.50 bits per heavy atom. The first-order chi connectivity index (χ1) is 11.6. The summed E-state index contributed by atoms with van der Waals surface area (Å²) >= 11 is 10.8. The molecule has 122 valence electrons. The summed E-state index contributed by atoms with van der Waals surface area (Å²) in [5, 5.41) is 5.58. The van der Waals surface area contributed by atoms with Crippen molar-refractivity contribution >= 4 is 61.5 Å². The summed E-state index contributed by atoms with van der Waals surface area (Å²) < 4.78 is 0.977. The van der Waals surface area contributed by atoms with Crippen LogP contribution in [0.15, 0.2) is 63.1 Å². The van der Waals surface area contributed by atoms with Gasteiger partial charge in [-0.2, -0.15) is 5.10 Å². The molecule has 1 heterocycles. The third kappa shape index (κ3) is 4.26. The molecule has 0 radical (unpaired) electrons. The van der Waals surface area contributed by atoms with Gasteiger partial charge in [-0.1, -0.05) is 27.5 Å². The maximum absolute atomic E-state index is 12.8. The SMILES string of the molecule is O=C(/C(=N\Nc1ccc(Br)cc1)C1=NCCS1)c1ccc(Cl)cc1. The summed E-state index contributed by atoms with van der Waals surface area (Å²) in [6.07, 6.45) is 0. The maximum Gasteiger partial charge on any atom is 0.215 e. The quantitative estimate of drug-likeness (QED) is 0.424. The van der Waals surface area contributed by atoms with Crippen molar-refractivity contribution in [1.82, 2.24) is 0 Å². The number of anilines is 1. The zero-order valence-electron chi connectivity index (χ0n) is 12.5. The summed E-state index contributed by atoms with van der Waals surface area (Å²) in [6, 6.07) is 14.3. The van der Waals surface area contributed by atoms with E-state index in [2.05, 4.69) is 31.4 Å². The number of hydrogen-bond acceptors (Lipinski definition) is 5. The lowest BCUT2D eigenvalue weighted by Crippen LogP contribution is -2.23. The van der Waals surface area contributed by atoms with Crippen LogP contribution in [0, 0.1) is 0 Å². The molecule has 0 saturated carbocycles. The molecule has 0 saturated heterocycles. The third-order valence-corrected chi connectivity index (χ3v) is 5.01. The number of hydrogen-bond donors (Lipinski definition) is 1. The zero-order valence-corrected chi connectivity index (χ0v) is 15.7. The van der Waals surface area contributed by atoms with Crippen molar-refractivity contribution in [2.45, 2.75) is 0 Å². The number of carbonyl (C=O) groups is 1. The van der Waals surface area contributed by atoms with E-state index in [0.717, 1.165) is 15.9 Å². The predicted octanol–water partition coefficient (Wildman–Crippen LogP) is 4.90. The van der Waals surface area contributed by atoms with Crippen molar-refractivity contribution in [3.05, 3.63) is 63.6 Å². The van der Waals surface area contributed by atoms with Gasteiger partial charge in [0.2, 0.25) is 5.78 Å². The summed E-state index contributed by atoms with van der Waals surface area (Å²) in [5.74, 6) is 0.685. The van der Waals surface area contributed by atoms with Gasteiger partial charge in [0.1, 0.15) is 5.04 Å². The van der Waals surface area contributed by atoms with E-state index in [1.165, 1.54) is 11.8 Å². The molecule has 4 nitrogen and oxygen atoms in total.